The summed E-state index contributed by atoms with van der Waals surface area (Å²) in [5.74, 6) is 0.859. The van der Waals surface area contributed by atoms with Crippen LogP contribution in [0, 0.1) is 0 Å². The summed E-state index contributed by atoms with van der Waals surface area (Å²) in [5, 5.41) is 8.48. The zero-order valence-electron chi connectivity index (χ0n) is 14.6. The summed E-state index contributed by atoms with van der Waals surface area (Å²) in [4.78, 5) is 30.9. The Morgan fingerprint density at radius 1 is 1.24 bits per heavy atom. The van der Waals surface area contributed by atoms with Crippen LogP contribution in [0.3, 0.4) is 0 Å². The molecular weight excluding hydrogens is 318 g/mol. The molecule has 7 nitrogen and oxygen atoms in total. The minimum Gasteiger partial charge on any atom is -0.356 e. The highest BCUT2D eigenvalue weighted by Gasteiger charge is 2.22. The van der Waals surface area contributed by atoms with Crippen LogP contribution in [-0.4, -0.2) is 42.6 Å². The molecule has 0 spiro atoms. The number of rotatable bonds is 4. The molecule has 3 amide bonds. The molecule has 3 N–H and O–H groups in total. The third kappa shape index (κ3) is 4.84. The standard InChI is InChI=1S/C18H27N5O2/c24-17-15(8-2-3-9-20-17)22-18(25)21-13-14-7-6-10-19-16(14)23-11-4-1-5-12-23/h6-7,10,15H,1-5,8-9,11-13H2,(H,20,24)(H2,21,22,25). The lowest BCUT2D eigenvalue weighted by Crippen LogP contribution is -2.49. The number of amides is 3. The van der Waals surface area contributed by atoms with Gasteiger partial charge in [-0.05, 0) is 44.6 Å². The Kier molecular flexibility index (Phi) is 6.09. The summed E-state index contributed by atoms with van der Waals surface area (Å²) in [7, 11) is 0. The number of hydrogen-bond acceptors (Lipinski definition) is 4. The topological polar surface area (TPSA) is 86.4 Å². The number of hydrogen-bond donors (Lipinski definition) is 3. The second kappa shape index (κ2) is 8.69. The second-order valence-electron chi connectivity index (χ2n) is 6.70. The molecule has 1 unspecified atom stereocenters. The molecule has 2 aliphatic heterocycles. The van der Waals surface area contributed by atoms with Gasteiger partial charge in [-0.3, -0.25) is 4.79 Å². The van der Waals surface area contributed by atoms with E-state index < -0.39 is 6.04 Å². The van der Waals surface area contributed by atoms with Gasteiger partial charge in [-0.25, -0.2) is 9.78 Å². The van der Waals surface area contributed by atoms with Crippen molar-refractivity contribution >= 4 is 17.8 Å². The van der Waals surface area contributed by atoms with E-state index in [1.54, 1.807) is 6.20 Å². The highest BCUT2D eigenvalue weighted by Crippen LogP contribution is 2.21. The summed E-state index contributed by atoms with van der Waals surface area (Å²) in [6.07, 6.45) is 8.00. The van der Waals surface area contributed by atoms with E-state index in [1.807, 2.05) is 12.1 Å². The first kappa shape index (κ1) is 17.5. The van der Waals surface area contributed by atoms with Gasteiger partial charge in [-0.2, -0.15) is 0 Å². The zero-order valence-corrected chi connectivity index (χ0v) is 14.6. The normalized spacial score (nSPS) is 21.2. The van der Waals surface area contributed by atoms with Crippen molar-refractivity contribution in [3.63, 3.8) is 0 Å². The summed E-state index contributed by atoms with van der Waals surface area (Å²) in [6, 6.07) is 3.13. The third-order valence-electron chi connectivity index (χ3n) is 4.80. The van der Waals surface area contributed by atoms with Crippen LogP contribution in [-0.2, 0) is 11.3 Å². The molecule has 25 heavy (non-hydrogen) atoms. The molecule has 0 aliphatic carbocycles. The minimum atomic E-state index is -0.446. The van der Waals surface area contributed by atoms with E-state index >= 15 is 0 Å². The maximum absolute atomic E-state index is 12.2. The summed E-state index contributed by atoms with van der Waals surface area (Å²) >= 11 is 0. The molecule has 0 bridgehead atoms. The molecule has 1 aromatic heterocycles. The first-order chi connectivity index (χ1) is 12.2. The third-order valence-corrected chi connectivity index (χ3v) is 4.80. The molecule has 2 fully saturated rings. The first-order valence-electron chi connectivity index (χ1n) is 9.25. The van der Waals surface area contributed by atoms with Crippen LogP contribution in [0.4, 0.5) is 10.6 Å². The molecule has 1 atom stereocenters. The van der Waals surface area contributed by atoms with E-state index in [1.165, 1.54) is 19.3 Å². The van der Waals surface area contributed by atoms with Crippen LogP contribution >= 0.6 is 0 Å². The fourth-order valence-corrected chi connectivity index (χ4v) is 3.42. The van der Waals surface area contributed by atoms with Crippen LogP contribution in [0.5, 0.6) is 0 Å². The van der Waals surface area contributed by atoms with Crippen molar-refractivity contribution in [2.24, 2.45) is 0 Å². The van der Waals surface area contributed by atoms with Crippen LogP contribution in [0.2, 0.25) is 0 Å². The average molecular weight is 345 g/mol. The summed E-state index contributed by atoms with van der Waals surface area (Å²) in [6.45, 7) is 3.12. The van der Waals surface area contributed by atoms with Crippen molar-refractivity contribution in [2.45, 2.75) is 51.1 Å². The van der Waals surface area contributed by atoms with E-state index in [4.69, 9.17) is 0 Å². The molecule has 7 heteroatoms. The SMILES string of the molecule is O=C(NCc1cccnc1N1CCCCC1)NC1CCCCNC1=O. The van der Waals surface area contributed by atoms with Crippen LogP contribution < -0.4 is 20.9 Å². The number of aromatic nitrogens is 1. The molecule has 0 radical (unpaired) electrons. The molecule has 1 aromatic rings. The molecule has 136 valence electrons. The van der Waals surface area contributed by atoms with E-state index in [9.17, 15) is 9.59 Å². The van der Waals surface area contributed by atoms with Crippen molar-refractivity contribution < 1.29 is 9.59 Å². The first-order valence-corrected chi connectivity index (χ1v) is 9.25. The Bertz CT molecular complexity index is 601. The maximum atomic E-state index is 12.2. The van der Waals surface area contributed by atoms with Gasteiger partial charge >= 0.3 is 6.03 Å². The van der Waals surface area contributed by atoms with Crippen molar-refractivity contribution in [3.8, 4) is 0 Å². The Balaban J connectivity index is 1.56. The zero-order chi connectivity index (χ0) is 17.5. The number of nitrogens with one attached hydrogen (secondary N) is 3. The van der Waals surface area contributed by atoms with Gasteiger partial charge in [-0.1, -0.05) is 6.07 Å². The highest BCUT2D eigenvalue weighted by atomic mass is 16.2. The maximum Gasteiger partial charge on any atom is 0.315 e. The van der Waals surface area contributed by atoms with E-state index in [-0.39, 0.29) is 11.9 Å². The number of nitrogens with zero attached hydrogens (tertiary/aromatic N) is 2. The number of urea groups is 1. The van der Waals surface area contributed by atoms with Crippen LogP contribution in [0.15, 0.2) is 18.3 Å². The quantitative estimate of drug-likeness (QED) is 0.773. The minimum absolute atomic E-state index is 0.0944. The lowest BCUT2D eigenvalue weighted by Gasteiger charge is -2.29. The fraction of sp³-hybridized carbons (Fsp3) is 0.611. The Morgan fingerprint density at radius 2 is 2.08 bits per heavy atom. The molecule has 2 aliphatic rings. The van der Waals surface area contributed by atoms with Gasteiger partial charge < -0.3 is 20.9 Å². The number of pyridine rings is 1. The van der Waals surface area contributed by atoms with E-state index in [2.05, 4.69) is 25.8 Å². The van der Waals surface area contributed by atoms with Gasteiger partial charge in [0.15, 0.2) is 0 Å². The average Bonchev–Trinajstić information content (AvgIpc) is 2.85. The monoisotopic (exact) mass is 345 g/mol. The van der Waals surface area contributed by atoms with Crippen molar-refractivity contribution in [1.82, 2.24) is 20.9 Å². The van der Waals surface area contributed by atoms with Gasteiger partial charge in [-0.15, -0.1) is 0 Å². The number of carbonyl (C=O) groups is 2. The lowest BCUT2D eigenvalue weighted by atomic mass is 10.1. The van der Waals surface area contributed by atoms with Crippen molar-refractivity contribution in [3.05, 3.63) is 23.9 Å². The van der Waals surface area contributed by atoms with E-state index in [0.29, 0.717) is 19.5 Å². The van der Waals surface area contributed by atoms with Crippen LogP contribution in [0.1, 0.15) is 44.1 Å². The summed E-state index contributed by atoms with van der Waals surface area (Å²) < 4.78 is 0. The molecule has 3 rings (SSSR count). The number of carbonyl (C=O) groups excluding carboxylic acids is 2. The molecule has 3 heterocycles. The van der Waals surface area contributed by atoms with Gasteiger partial charge in [0, 0.05) is 37.9 Å². The van der Waals surface area contributed by atoms with Gasteiger partial charge in [0.1, 0.15) is 11.9 Å². The number of piperidine rings is 1. The fourth-order valence-electron chi connectivity index (χ4n) is 3.42. The molecule has 2 saturated heterocycles. The highest BCUT2D eigenvalue weighted by molar-refractivity contribution is 5.87. The van der Waals surface area contributed by atoms with Gasteiger partial charge in [0.05, 0.1) is 0 Å². The van der Waals surface area contributed by atoms with Crippen LogP contribution in [0.25, 0.3) is 0 Å². The number of anilines is 1. The predicted octanol–water partition coefficient (Wildman–Crippen LogP) is 1.54. The molecule has 0 aromatic carbocycles. The van der Waals surface area contributed by atoms with Gasteiger partial charge in [0.25, 0.3) is 0 Å². The Morgan fingerprint density at radius 3 is 2.92 bits per heavy atom. The smallest absolute Gasteiger partial charge is 0.315 e. The Hall–Kier alpha value is -2.31. The molecule has 0 saturated carbocycles. The second-order valence-corrected chi connectivity index (χ2v) is 6.70. The van der Waals surface area contributed by atoms with Crippen molar-refractivity contribution in [2.75, 3.05) is 24.5 Å². The summed E-state index contributed by atoms with van der Waals surface area (Å²) in [5.41, 5.74) is 1.00. The largest absolute Gasteiger partial charge is 0.356 e. The van der Waals surface area contributed by atoms with Gasteiger partial charge in [0.2, 0.25) is 5.91 Å². The Labute approximate surface area is 148 Å². The predicted molar refractivity (Wildman–Crippen MR) is 96.3 cm³/mol. The van der Waals surface area contributed by atoms with Crippen molar-refractivity contribution in [1.29, 1.82) is 0 Å². The van der Waals surface area contributed by atoms with E-state index in [0.717, 1.165) is 37.3 Å². The lowest BCUT2D eigenvalue weighted by molar-refractivity contribution is -0.122. The molecular formula is C18H27N5O2.